The van der Waals surface area contributed by atoms with E-state index < -0.39 is 0 Å². The minimum absolute atomic E-state index is 0.169. The first-order chi connectivity index (χ1) is 8.84. The van der Waals surface area contributed by atoms with Crippen molar-refractivity contribution in [3.05, 3.63) is 47.4 Å². The minimum atomic E-state index is 0.169. The molecule has 2 aromatic rings. The molecule has 4 nitrogen and oxygen atoms in total. The van der Waals surface area contributed by atoms with Crippen molar-refractivity contribution in [3.63, 3.8) is 0 Å². The number of nitrogens with one attached hydrogen (secondary N) is 1. The Kier molecular flexibility index (Phi) is 3.02. The lowest BCUT2D eigenvalue weighted by Crippen LogP contribution is -2.20. The van der Waals surface area contributed by atoms with Gasteiger partial charge in [0.1, 0.15) is 22.9 Å². The van der Waals surface area contributed by atoms with Crippen LogP contribution in [0, 0.1) is 0 Å². The first-order valence-electron chi connectivity index (χ1n) is 5.78. The SMILES string of the molecule is Clc1cncnc1NC1CCOc2ccccc21. The summed E-state index contributed by atoms with van der Waals surface area (Å²) in [4.78, 5) is 8.02. The first-order valence-corrected chi connectivity index (χ1v) is 6.16. The third-order valence-corrected chi connectivity index (χ3v) is 3.21. The van der Waals surface area contributed by atoms with Crippen molar-refractivity contribution in [2.24, 2.45) is 0 Å². The Morgan fingerprint density at radius 3 is 3.11 bits per heavy atom. The number of benzene rings is 1. The lowest BCUT2D eigenvalue weighted by molar-refractivity contribution is 0.274. The van der Waals surface area contributed by atoms with Gasteiger partial charge in [0.05, 0.1) is 18.8 Å². The van der Waals surface area contributed by atoms with E-state index in [0.29, 0.717) is 17.4 Å². The topological polar surface area (TPSA) is 47.0 Å². The summed E-state index contributed by atoms with van der Waals surface area (Å²) in [6, 6.07) is 8.18. The van der Waals surface area contributed by atoms with Crippen molar-refractivity contribution in [3.8, 4) is 5.75 Å². The molecule has 0 saturated heterocycles. The molecule has 1 unspecified atom stereocenters. The molecule has 1 aromatic carbocycles. The maximum Gasteiger partial charge on any atom is 0.148 e. The number of halogens is 1. The third kappa shape index (κ3) is 2.11. The van der Waals surface area contributed by atoms with E-state index in [1.165, 1.54) is 6.33 Å². The van der Waals surface area contributed by atoms with Crippen LogP contribution in [0.25, 0.3) is 0 Å². The summed E-state index contributed by atoms with van der Waals surface area (Å²) in [5.74, 6) is 1.58. The molecule has 1 N–H and O–H groups in total. The second-order valence-electron chi connectivity index (χ2n) is 4.09. The van der Waals surface area contributed by atoms with Crippen molar-refractivity contribution in [2.45, 2.75) is 12.5 Å². The predicted octanol–water partition coefficient (Wildman–Crippen LogP) is 3.07. The molecule has 0 radical (unpaired) electrons. The molecule has 1 aromatic heterocycles. The molecule has 0 aliphatic carbocycles. The number of hydrogen-bond acceptors (Lipinski definition) is 4. The average molecular weight is 262 g/mol. The van der Waals surface area contributed by atoms with Crippen molar-refractivity contribution in [1.82, 2.24) is 9.97 Å². The van der Waals surface area contributed by atoms with Crippen molar-refractivity contribution in [1.29, 1.82) is 0 Å². The number of ether oxygens (including phenoxy) is 1. The highest BCUT2D eigenvalue weighted by Gasteiger charge is 2.21. The van der Waals surface area contributed by atoms with Crippen LogP contribution in [0.4, 0.5) is 5.82 Å². The van der Waals surface area contributed by atoms with Gasteiger partial charge in [0.15, 0.2) is 0 Å². The van der Waals surface area contributed by atoms with Crippen LogP contribution < -0.4 is 10.1 Å². The van der Waals surface area contributed by atoms with Crippen LogP contribution in [0.3, 0.4) is 0 Å². The summed E-state index contributed by atoms with van der Waals surface area (Å²) in [5.41, 5.74) is 1.14. The summed E-state index contributed by atoms with van der Waals surface area (Å²) < 4.78 is 5.62. The molecule has 2 heterocycles. The van der Waals surface area contributed by atoms with Gasteiger partial charge in [-0.25, -0.2) is 9.97 Å². The van der Waals surface area contributed by atoms with Gasteiger partial charge in [0, 0.05) is 12.0 Å². The standard InChI is InChI=1S/C13H12ClN3O/c14-10-7-15-8-16-13(10)17-11-5-6-18-12-4-2-1-3-9(11)12/h1-4,7-8,11H,5-6H2,(H,15,16,17). The van der Waals surface area contributed by atoms with Crippen LogP contribution in [0.2, 0.25) is 5.02 Å². The number of aromatic nitrogens is 2. The summed E-state index contributed by atoms with van der Waals surface area (Å²) in [6.07, 6.45) is 3.96. The number of rotatable bonds is 2. The zero-order chi connectivity index (χ0) is 12.4. The molecule has 92 valence electrons. The quantitative estimate of drug-likeness (QED) is 0.903. The highest BCUT2D eigenvalue weighted by Crippen LogP contribution is 2.34. The van der Waals surface area contributed by atoms with Gasteiger partial charge in [-0.15, -0.1) is 0 Å². The Balaban J connectivity index is 1.89. The zero-order valence-corrected chi connectivity index (χ0v) is 10.4. The largest absolute Gasteiger partial charge is 0.493 e. The Morgan fingerprint density at radius 2 is 2.22 bits per heavy atom. The predicted molar refractivity (Wildman–Crippen MR) is 70.0 cm³/mol. The molecule has 1 aliphatic heterocycles. The zero-order valence-electron chi connectivity index (χ0n) is 9.64. The number of anilines is 1. The Morgan fingerprint density at radius 1 is 1.33 bits per heavy atom. The van der Waals surface area contributed by atoms with E-state index in [0.717, 1.165) is 17.7 Å². The molecular formula is C13H12ClN3O. The van der Waals surface area contributed by atoms with Crippen molar-refractivity contribution >= 4 is 17.4 Å². The first kappa shape index (κ1) is 11.3. The second-order valence-corrected chi connectivity index (χ2v) is 4.50. The molecule has 0 saturated carbocycles. The molecule has 0 fully saturated rings. The van der Waals surface area contributed by atoms with Gasteiger partial charge < -0.3 is 10.1 Å². The molecule has 1 atom stereocenters. The van der Waals surface area contributed by atoms with E-state index in [1.807, 2.05) is 18.2 Å². The lowest BCUT2D eigenvalue weighted by atomic mass is 10.0. The number of hydrogen-bond donors (Lipinski definition) is 1. The Bertz CT molecular complexity index is 561. The summed E-state index contributed by atoms with van der Waals surface area (Å²) >= 11 is 6.05. The summed E-state index contributed by atoms with van der Waals surface area (Å²) in [7, 11) is 0. The third-order valence-electron chi connectivity index (χ3n) is 2.94. The fraction of sp³-hybridized carbons (Fsp3) is 0.231. The normalized spacial score (nSPS) is 17.7. The number of nitrogens with zero attached hydrogens (tertiary/aromatic N) is 2. The van der Waals surface area contributed by atoms with Crippen LogP contribution in [-0.4, -0.2) is 16.6 Å². The minimum Gasteiger partial charge on any atom is -0.493 e. The van der Waals surface area contributed by atoms with Gasteiger partial charge in [-0.1, -0.05) is 29.8 Å². The van der Waals surface area contributed by atoms with Crippen molar-refractivity contribution in [2.75, 3.05) is 11.9 Å². The fourth-order valence-corrected chi connectivity index (χ4v) is 2.24. The van der Waals surface area contributed by atoms with Gasteiger partial charge in [-0.3, -0.25) is 0 Å². The molecule has 5 heteroatoms. The summed E-state index contributed by atoms with van der Waals surface area (Å²) in [5, 5.41) is 3.87. The van der Waals surface area contributed by atoms with E-state index >= 15 is 0 Å². The highest BCUT2D eigenvalue weighted by atomic mass is 35.5. The Hall–Kier alpha value is -1.81. The van der Waals surface area contributed by atoms with Crippen LogP contribution in [0.5, 0.6) is 5.75 Å². The summed E-state index contributed by atoms with van der Waals surface area (Å²) in [6.45, 7) is 0.692. The van der Waals surface area contributed by atoms with Crippen molar-refractivity contribution < 1.29 is 4.74 Å². The average Bonchev–Trinajstić information content (AvgIpc) is 2.42. The maximum absolute atomic E-state index is 6.05. The highest BCUT2D eigenvalue weighted by molar-refractivity contribution is 6.32. The maximum atomic E-state index is 6.05. The van der Waals surface area contributed by atoms with Crippen LogP contribution in [0.1, 0.15) is 18.0 Å². The molecule has 3 rings (SSSR count). The van der Waals surface area contributed by atoms with Gasteiger partial charge in [-0.2, -0.15) is 0 Å². The number of para-hydroxylation sites is 1. The fourth-order valence-electron chi connectivity index (χ4n) is 2.08. The van der Waals surface area contributed by atoms with Crippen LogP contribution >= 0.6 is 11.6 Å². The van der Waals surface area contributed by atoms with E-state index in [9.17, 15) is 0 Å². The monoisotopic (exact) mass is 261 g/mol. The molecule has 0 bridgehead atoms. The Labute approximate surface area is 110 Å². The van der Waals surface area contributed by atoms with E-state index in [2.05, 4.69) is 21.4 Å². The van der Waals surface area contributed by atoms with E-state index in [-0.39, 0.29) is 6.04 Å². The second kappa shape index (κ2) is 4.82. The van der Waals surface area contributed by atoms with Gasteiger partial charge in [0.25, 0.3) is 0 Å². The van der Waals surface area contributed by atoms with Gasteiger partial charge in [0.2, 0.25) is 0 Å². The van der Waals surface area contributed by atoms with Gasteiger partial charge in [-0.05, 0) is 6.07 Å². The van der Waals surface area contributed by atoms with E-state index in [1.54, 1.807) is 6.20 Å². The molecule has 0 spiro atoms. The van der Waals surface area contributed by atoms with Crippen LogP contribution in [0.15, 0.2) is 36.8 Å². The van der Waals surface area contributed by atoms with Gasteiger partial charge >= 0.3 is 0 Å². The smallest absolute Gasteiger partial charge is 0.148 e. The lowest BCUT2D eigenvalue weighted by Gasteiger charge is -2.27. The number of fused-ring (bicyclic) bond motifs is 1. The van der Waals surface area contributed by atoms with Crippen LogP contribution in [-0.2, 0) is 0 Å². The molecule has 1 aliphatic rings. The molecule has 0 amide bonds. The molecule has 18 heavy (non-hydrogen) atoms. The van der Waals surface area contributed by atoms with E-state index in [4.69, 9.17) is 16.3 Å². The molecular weight excluding hydrogens is 250 g/mol.